The topological polar surface area (TPSA) is 15.3 Å². The maximum atomic E-state index is 3.47. The molecule has 2 nitrogen and oxygen atoms in total. The molecule has 0 aromatic carbocycles. The molecule has 0 bridgehead atoms. The maximum Gasteiger partial charge on any atom is 0.0195 e. The summed E-state index contributed by atoms with van der Waals surface area (Å²) in [5, 5.41) is 3.47. The van der Waals surface area contributed by atoms with Crippen molar-refractivity contribution in [1.29, 1.82) is 0 Å². The number of likely N-dealkylation sites (tertiary alicyclic amines) is 1. The van der Waals surface area contributed by atoms with Gasteiger partial charge >= 0.3 is 0 Å². The summed E-state index contributed by atoms with van der Waals surface area (Å²) in [6, 6.07) is 0.744. The van der Waals surface area contributed by atoms with Gasteiger partial charge in [-0.15, -0.1) is 0 Å². The molecule has 0 spiro atoms. The number of rotatable bonds is 5. The molecule has 1 N–H and O–H groups in total. The van der Waals surface area contributed by atoms with Gasteiger partial charge in [-0.3, -0.25) is 0 Å². The van der Waals surface area contributed by atoms with Gasteiger partial charge in [-0.2, -0.15) is 0 Å². The van der Waals surface area contributed by atoms with Crippen LogP contribution in [-0.4, -0.2) is 37.6 Å². The second kappa shape index (κ2) is 5.31. The fraction of sp³-hybridized carbons (Fsp3) is 1.00. The van der Waals surface area contributed by atoms with Crippen molar-refractivity contribution >= 4 is 0 Å². The van der Waals surface area contributed by atoms with Crippen molar-refractivity contribution in [2.75, 3.05) is 26.7 Å². The molecule has 2 rings (SSSR count). The molecule has 0 aromatic rings. The van der Waals surface area contributed by atoms with E-state index in [1.165, 1.54) is 51.7 Å². The van der Waals surface area contributed by atoms with E-state index in [1.807, 2.05) is 0 Å². The minimum absolute atomic E-state index is 0.744. The lowest BCUT2D eigenvalue weighted by molar-refractivity contribution is 0.136. The van der Waals surface area contributed by atoms with E-state index in [1.54, 1.807) is 0 Å². The molecule has 0 amide bonds. The van der Waals surface area contributed by atoms with Gasteiger partial charge in [-0.1, -0.05) is 19.8 Å². The van der Waals surface area contributed by atoms with Gasteiger partial charge in [0.1, 0.15) is 0 Å². The normalized spacial score (nSPS) is 33.2. The first kappa shape index (κ1) is 11.4. The Morgan fingerprint density at radius 1 is 1.20 bits per heavy atom. The van der Waals surface area contributed by atoms with Crippen molar-refractivity contribution in [3.8, 4) is 0 Å². The predicted octanol–water partition coefficient (Wildman–Crippen LogP) is 2.11. The Labute approximate surface area is 94.4 Å². The van der Waals surface area contributed by atoms with E-state index in [0.29, 0.717) is 0 Å². The van der Waals surface area contributed by atoms with Crippen molar-refractivity contribution in [2.45, 2.75) is 45.1 Å². The quantitative estimate of drug-likeness (QED) is 0.747. The smallest absolute Gasteiger partial charge is 0.0195 e. The highest BCUT2D eigenvalue weighted by Crippen LogP contribution is 2.37. The molecule has 1 aliphatic carbocycles. The van der Waals surface area contributed by atoms with Gasteiger partial charge in [0.2, 0.25) is 0 Å². The number of hydrogen-bond acceptors (Lipinski definition) is 2. The molecule has 2 fully saturated rings. The summed E-state index contributed by atoms with van der Waals surface area (Å²) in [6.45, 7) is 6.21. The summed E-state index contributed by atoms with van der Waals surface area (Å²) in [5.74, 6) is 2.06. The van der Waals surface area contributed by atoms with Crippen LogP contribution < -0.4 is 5.32 Å². The van der Waals surface area contributed by atoms with E-state index in [-0.39, 0.29) is 0 Å². The standard InChI is InChI=1S/C13H26N2/c1-3-6-15-9-12(7-11-4-5-11)8-13(10-15)14-2/h11-14H,3-10H2,1-2H3. The van der Waals surface area contributed by atoms with Crippen LogP contribution in [0.1, 0.15) is 39.0 Å². The zero-order valence-electron chi connectivity index (χ0n) is 10.3. The van der Waals surface area contributed by atoms with Crippen LogP contribution in [0.2, 0.25) is 0 Å². The molecule has 1 saturated carbocycles. The van der Waals surface area contributed by atoms with E-state index in [2.05, 4.69) is 24.2 Å². The van der Waals surface area contributed by atoms with Crippen LogP contribution in [0.5, 0.6) is 0 Å². The molecular formula is C13H26N2. The molecule has 0 radical (unpaired) electrons. The highest BCUT2D eigenvalue weighted by Gasteiger charge is 2.31. The van der Waals surface area contributed by atoms with Crippen LogP contribution in [0.15, 0.2) is 0 Å². The summed E-state index contributed by atoms with van der Waals surface area (Å²) in [7, 11) is 2.12. The lowest BCUT2D eigenvalue weighted by Crippen LogP contribution is -2.48. The number of likely N-dealkylation sites (N-methyl/N-ethyl adjacent to an activating group) is 1. The van der Waals surface area contributed by atoms with E-state index in [0.717, 1.165) is 17.9 Å². The van der Waals surface area contributed by atoms with Crippen LogP contribution in [0.4, 0.5) is 0 Å². The van der Waals surface area contributed by atoms with Gasteiger partial charge in [-0.25, -0.2) is 0 Å². The molecule has 1 saturated heterocycles. The minimum Gasteiger partial charge on any atom is -0.316 e. The zero-order valence-corrected chi connectivity index (χ0v) is 10.3. The van der Waals surface area contributed by atoms with E-state index < -0.39 is 0 Å². The second-order valence-corrected chi connectivity index (χ2v) is 5.53. The Morgan fingerprint density at radius 2 is 2.00 bits per heavy atom. The average Bonchev–Trinajstić information content (AvgIpc) is 3.02. The van der Waals surface area contributed by atoms with Crippen LogP contribution >= 0.6 is 0 Å². The SMILES string of the molecule is CCCN1CC(CC2CC2)CC(NC)C1. The lowest BCUT2D eigenvalue weighted by atomic mass is 9.89. The Kier molecular flexibility index (Phi) is 4.04. The van der Waals surface area contributed by atoms with Crippen molar-refractivity contribution in [2.24, 2.45) is 11.8 Å². The van der Waals surface area contributed by atoms with Crippen molar-refractivity contribution in [1.82, 2.24) is 10.2 Å². The van der Waals surface area contributed by atoms with Gasteiger partial charge in [0, 0.05) is 19.1 Å². The number of nitrogens with one attached hydrogen (secondary N) is 1. The van der Waals surface area contributed by atoms with Crippen molar-refractivity contribution < 1.29 is 0 Å². The highest BCUT2D eigenvalue weighted by molar-refractivity contribution is 4.86. The number of hydrogen-bond donors (Lipinski definition) is 1. The lowest BCUT2D eigenvalue weighted by Gasteiger charge is -2.37. The third-order valence-electron chi connectivity index (χ3n) is 3.92. The van der Waals surface area contributed by atoms with Gasteiger partial charge in [0.25, 0.3) is 0 Å². The first-order valence-electron chi connectivity index (χ1n) is 6.71. The van der Waals surface area contributed by atoms with Gasteiger partial charge in [0.15, 0.2) is 0 Å². The molecule has 2 aliphatic rings. The van der Waals surface area contributed by atoms with Crippen LogP contribution in [-0.2, 0) is 0 Å². The van der Waals surface area contributed by atoms with E-state index in [4.69, 9.17) is 0 Å². The molecule has 1 aliphatic heterocycles. The monoisotopic (exact) mass is 210 g/mol. The summed E-state index contributed by atoms with van der Waals surface area (Å²) >= 11 is 0. The van der Waals surface area contributed by atoms with Crippen LogP contribution in [0.25, 0.3) is 0 Å². The first-order chi connectivity index (χ1) is 7.31. The van der Waals surface area contributed by atoms with Crippen molar-refractivity contribution in [3.63, 3.8) is 0 Å². The van der Waals surface area contributed by atoms with Crippen LogP contribution in [0.3, 0.4) is 0 Å². The first-order valence-corrected chi connectivity index (χ1v) is 6.71. The highest BCUT2D eigenvalue weighted by atomic mass is 15.2. The van der Waals surface area contributed by atoms with Gasteiger partial charge in [-0.05, 0) is 44.7 Å². The Morgan fingerprint density at radius 3 is 2.60 bits per heavy atom. The third kappa shape index (κ3) is 3.46. The molecule has 1 heterocycles. The predicted molar refractivity (Wildman–Crippen MR) is 65.0 cm³/mol. The summed E-state index contributed by atoms with van der Waals surface area (Å²) in [6.07, 6.45) is 7.22. The van der Waals surface area contributed by atoms with Gasteiger partial charge in [0.05, 0.1) is 0 Å². The fourth-order valence-electron chi connectivity index (χ4n) is 3.01. The minimum atomic E-state index is 0.744. The Hall–Kier alpha value is -0.0800. The molecule has 15 heavy (non-hydrogen) atoms. The Bertz CT molecular complexity index is 189. The van der Waals surface area contributed by atoms with Gasteiger partial charge < -0.3 is 10.2 Å². The summed E-state index contributed by atoms with van der Waals surface area (Å²) < 4.78 is 0. The number of nitrogens with zero attached hydrogens (tertiary/aromatic N) is 1. The third-order valence-corrected chi connectivity index (χ3v) is 3.92. The molecule has 2 atom stereocenters. The molecule has 2 heteroatoms. The Balaban J connectivity index is 1.81. The molecule has 88 valence electrons. The fourth-order valence-corrected chi connectivity index (χ4v) is 3.01. The second-order valence-electron chi connectivity index (χ2n) is 5.53. The largest absolute Gasteiger partial charge is 0.316 e. The van der Waals surface area contributed by atoms with E-state index in [9.17, 15) is 0 Å². The molecule has 0 aromatic heterocycles. The molecular weight excluding hydrogens is 184 g/mol. The molecule has 2 unspecified atom stereocenters. The average molecular weight is 210 g/mol. The summed E-state index contributed by atoms with van der Waals surface area (Å²) in [5.41, 5.74) is 0. The van der Waals surface area contributed by atoms with Crippen LogP contribution in [0, 0.1) is 11.8 Å². The maximum absolute atomic E-state index is 3.47. The summed E-state index contributed by atoms with van der Waals surface area (Å²) in [4.78, 5) is 2.66. The van der Waals surface area contributed by atoms with E-state index >= 15 is 0 Å². The zero-order chi connectivity index (χ0) is 10.7. The number of piperidine rings is 1. The van der Waals surface area contributed by atoms with Crippen molar-refractivity contribution in [3.05, 3.63) is 0 Å².